The van der Waals surface area contributed by atoms with Crippen LogP contribution in [0.2, 0.25) is 0 Å². The van der Waals surface area contributed by atoms with E-state index in [9.17, 15) is 0 Å². The number of rotatable bonds is 1. The van der Waals surface area contributed by atoms with Crippen molar-refractivity contribution in [1.82, 2.24) is 14.5 Å². The fourth-order valence-electron chi connectivity index (χ4n) is 2.88. The van der Waals surface area contributed by atoms with Gasteiger partial charge in [-0.25, -0.2) is 9.97 Å². The number of imidazole rings is 1. The molecule has 2 N–H and O–H groups in total. The molecular formula is C14H20N4O. The van der Waals surface area contributed by atoms with E-state index in [1.807, 2.05) is 19.2 Å². The summed E-state index contributed by atoms with van der Waals surface area (Å²) in [5, 5.41) is 0. The number of nitrogen functional groups attached to an aromatic ring is 1. The van der Waals surface area contributed by atoms with Crippen molar-refractivity contribution in [3.05, 3.63) is 17.8 Å². The molecule has 1 aliphatic rings. The Balaban J connectivity index is 2.07. The number of aromatic nitrogens is 3. The molecule has 19 heavy (non-hydrogen) atoms. The van der Waals surface area contributed by atoms with Crippen LogP contribution in [0, 0.1) is 6.92 Å². The summed E-state index contributed by atoms with van der Waals surface area (Å²) >= 11 is 0. The minimum atomic E-state index is -0.114. The van der Waals surface area contributed by atoms with Gasteiger partial charge in [-0.2, -0.15) is 0 Å². The van der Waals surface area contributed by atoms with Crippen LogP contribution in [0.25, 0.3) is 11.2 Å². The molecule has 0 aromatic carbocycles. The highest BCUT2D eigenvalue weighted by Gasteiger charge is 2.31. The summed E-state index contributed by atoms with van der Waals surface area (Å²) in [7, 11) is 0. The lowest BCUT2D eigenvalue weighted by atomic mass is 9.94. The molecule has 0 aliphatic carbocycles. The van der Waals surface area contributed by atoms with E-state index in [0.29, 0.717) is 12.0 Å². The second kappa shape index (κ2) is 4.20. The third-order valence-corrected chi connectivity index (χ3v) is 3.73. The van der Waals surface area contributed by atoms with Crippen molar-refractivity contribution in [3.8, 4) is 0 Å². The Morgan fingerprint density at radius 2 is 2.26 bits per heavy atom. The van der Waals surface area contributed by atoms with Gasteiger partial charge in [0.1, 0.15) is 5.52 Å². The molecular weight excluding hydrogens is 240 g/mol. The highest BCUT2D eigenvalue weighted by atomic mass is 16.5. The van der Waals surface area contributed by atoms with Gasteiger partial charge in [0.25, 0.3) is 0 Å². The van der Waals surface area contributed by atoms with Crippen molar-refractivity contribution in [2.45, 2.75) is 45.3 Å². The second-order valence-electron chi connectivity index (χ2n) is 5.95. The van der Waals surface area contributed by atoms with E-state index < -0.39 is 0 Å². The number of nitrogens with two attached hydrogens (primary N) is 1. The number of fused-ring (bicyclic) bond motifs is 1. The van der Waals surface area contributed by atoms with Gasteiger partial charge in [0.05, 0.1) is 5.60 Å². The van der Waals surface area contributed by atoms with Gasteiger partial charge in [-0.1, -0.05) is 0 Å². The van der Waals surface area contributed by atoms with Crippen molar-refractivity contribution in [3.63, 3.8) is 0 Å². The van der Waals surface area contributed by atoms with Crippen LogP contribution in [-0.2, 0) is 4.74 Å². The van der Waals surface area contributed by atoms with Crippen LogP contribution in [0.15, 0.2) is 12.3 Å². The molecule has 0 radical (unpaired) electrons. The van der Waals surface area contributed by atoms with Crippen molar-refractivity contribution in [2.75, 3.05) is 12.3 Å². The minimum Gasteiger partial charge on any atom is -0.375 e. The van der Waals surface area contributed by atoms with Crippen LogP contribution in [0.5, 0.6) is 0 Å². The largest absolute Gasteiger partial charge is 0.375 e. The van der Waals surface area contributed by atoms with E-state index in [1.165, 1.54) is 0 Å². The van der Waals surface area contributed by atoms with Crippen molar-refractivity contribution in [2.24, 2.45) is 0 Å². The van der Waals surface area contributed by atoms with Gasteiger partial charge in [0, 0.05) is 18.8 Å². The Hall–Kier alpha value is -1.62. The van der Waals surface area contributed by atoms with Crippen LogP contribution in [-0.4, -0.2) is 26.7 Å². The molecule has 1 atom stereocenters. The lowest BCUT2D eigenvalue weighted by Gasteiger charge is -2.36. The lowest BCUT2D eigenvalue weighted by molar-refractivity contribution is -0.0682. The highest BCUT2D eigenvalue weighted by molar-refractivity contribution is 5.74. The zero-order valence-corrected chi connectivity index (χ0v) is 11.7. The van der Waals surface area contributed by atoms with Crippen LogP contribution in [0.3, 0.4) is 0 Å². The summed E-state index contributed by atoms with van der Waals surface area (Å²) in [6.07, 6.45) is 3.75. The predicted octanol–water partition coefficient (Wildman–Crippen LogP) is 2.45. The molecule has 2 aromatic heterocycles. The molecule has 3 heterocycles. The standard InChI is InChI=1S/C14H20N4O/c1-9-6-11-12(16-8-9)18(13(15)17-11)10-4-5-19-14(2,3)7-10/h6,8,10H,4-5,7H2,1-3H3,(H2,15,17). The Labute approximate surface area is 112 Å². The maximum absolute atomic E-state index is 6.09. The molecule has 1 unspecified atom stereocenters. The number of pyridine rings is 1. The van der Waals surface area contributed by atoms with E-state index in [-0.39, 0.29) is 5.60 Å². The number of hydrogen-bond acceptors (Lipinski definition) is 4. The Morgan fingerprint density at radius 3 is 3.00 bits per heavy atom. The number of anilines is 1. The monoisotopic (exact) mass is 260 g/mol. The first kappa shape index (κ1) is 12.4. The van der Waals surface area contributed by atoms with Gasteiger partial charge in [0.15, 0.2) is 5.65 Å². The topological polar surface area (TPSA) is 66.0 Å². The van der Waals surface area contributed by atoms with Crippen molar-refractivity contribution in [1.29, 1.82) is 0 Å². The van der Waals surface area contributed by atoms with Gasteiger partial charge in [-0.3, -0.25) is 4.57 Å². The summed E-state index contributed by atoms with van der Waals surface area (Å²) in [5.41, 5.74) is 8.84. The van der Waals surface area contributed by atoms with Crippen LogP contribution in [0.1, 0.15) is 38.3 Å². The maximum atomic E-state index is 6.09. The van der Waals surface area contributed by atoms with Gasteiger partial charge in [0.2, 0.25) is 5.95 Å². The zero-order valence-electron chi connectivity index (χ0n) is 11.7. The predicted molar refractivity (Wildman–Crippen MR) is 75.0 cm³/mol. The van der Waals surface area contributed by atoms with Gasteiger partial charge < -0.3 is 10.5 Å². The fourth-order valence-corrected chi connectivity index (χ4v) is 2.88. The Kier molecular flexibility index (Phi) is 2.74. The Bertz CT molecular complexity index is 617. The molecule has 1 aliphatic heterocycles. The molecule has 5 nitrogen and oxygen atoms in total. The highest BCUT2D eigenvalue weighted by Crippen LogP contribution is 2.35. The lowest BCUT2D eigenvalue weighted by Crippen LogP contribution is -2.35. The van der Waals surface area contributed by atoms with Crippen LogP contribution < -0.4 is 5.73 Å². The first-order valence-corrected chi connectivity index (χ1v) is 6.70. The number of nitrogens with zero attached hydrogens (tertiary/aromatic N) is 3. The summed E-state index contributed by atoms with van der Waals surface area (Å²) in [6.45, 7) is 7.00. The summed E-state index contributed by atoms with van der Waals surface area (Å²) in [5.74, 6) is 0.552. The average Bonchev–Trinajstić information content (AvgIpc) is 2.62. The molecule has 5 heteroatoms. The van der Waals surface area contributed by atoms with E-state index in [4.69, 9.17) is 10.5 Å². The van der Waals surface area contributed by atoms with E-state index in [2.05, 4.69) is 28.4 Å². The van der Waals surface area contributed by atoms with E-state index in [1.54, 1.807) is 0 Å². The van der Waals surface area contributed by atoms with Crippen LogP contribution >= 0.6 is 0 Å². The molecule has 102 valence electrons. The second-order valence-corrected chi connectivity index (χ2v) is 5.95. The van der Waals surface area contributed by atoms with Crippen molar-refractivity contribution < 1.29 is 4.74 Å². The maximum Gasteiger partial charge on any atom is 0.202 e. The summed E-state index contributed by atoms with van der Waals surface area (Å²) in [6, 6.07) is 2.34. The molecule has 0 amide bonds. The molecule has 2 aromatic rings. The Morgan fingerprint density at radius 1 is 1.47 bits per heavy atom. The first-order valence-electron chi connectivity index (χ1n) is 6.70. The zero-order chi connectivity index (χ0) is 13.6. The number of aryl methyl sites for hydroxylation is 1. The molecule has 0 saturated carbocycles. The van der Waals surface area contributed by atoms with Crippen molar-refractivity contribution >= 4 is 17.1 Å². The minimum absolute atomic E-state index is 0.114. The van der Waals surface area contributed by atoms with E-state index in [0.717, 1.165) is 36.2 Å². The van der Waals surface area contributed by atoms with Crippen LogP contribution in [0.4, 0.5) is 5.95 Å². The smallest absolute Gasteiger partial charge is 0.202 e. The SMILES string of the molecule is Cc1cnc2c(c1)nc(N)n2C1CCOC(C)(C)C1. The third-order valence-electron chi connectivity index (χ3n) is 3.73. The quantitative estimate of drug-likeness (QED) is 0.855. The molecule has 0 spiro atoms. The number of ether oxygens (including phenoxy) is 1. The average molecular weight is 260 g/mol. The molecule has 0 bridgehead atoms. The number of hydrogen-bond donors (Lipinski definition) is 1. The van der Waals surface area contributed by atoms with Gasteiger partial charge in [-0.05, 0) is 45.2 Å². The van der Waals surface area contributed by atoms with Gasteiger partial charge >= 0.3 is 0 Å². The van der Waals surface area contributed by atoms with E-state index >= 15 is 0 Å². The normalized spacial score (nSPS) is 22.8. The summed E-state index contributed by atoms with van der Waals surface area (Å²) < 4.78 is 7.84. The molecule has 1 fully saturated rings. The molecule has 1 saturated heterocycles. The third kappa shape index (κ3) is 2.18. The fraction of sp³-hybridized carbons (Fsp3) is 0.571. The first-order chi connectivity index (χ1) is 8.96. The summed E-state index contributed by atoms with van der Waals surface area (Å²) in [4.78, 5) is 8.94. The van der Waals surface area contributed by atoms with Gasteiger partial charge in [-0.15, -0.1) is 0 Å². The molecule has 3 rings (SSSR count).